The van der Waals surface area contributed by atoms with Crippen molar-refractivity contribution >= 4 is 12.2 Å². The molecule has 2 amide bonds. The van der Waals surface area contributed by atoms with Gasteiger partial charge in [0.2, 0.25) is 0 Å². The molecule has 2 aliphatic heterocycles. The van der Waals surface area contributed by atoms with Crippen LogP contribution in [0.25, 0.3) is 0 Å². The molecule has 2 aromatic heterocycles. The Morgan fingerprint density at radius 2 is 0.893 bits per heavy atom. The molecule has 0 radical (unpaired) electrons. The summed E-state index contributed by atoms with van der Waals surface area (Å²) in [6.07, 6.45) is -3.31. The average molecular weight is 753 g/mol. The third-order valence-electron chi connectivity index (χ3n) is 8.55. The molecular formula is C44H28F4N4O4. The Morgan fingerprint density at radius 1 is 0.482 bits per heavy atom. The minimum Gasteiger partial charge on any atom is -0.439 e. The topological polar surface area (TPSA) is 102 Å². The van der Waals surface area contributed by atoms with Crippen LogP contribution in [0.3, 0.4) is 0 Å². The fourth-order valence-corrected chi connectivity index (χ4v) is 5.95. The van der Waals surface area contributed by atoms with Crippen LogP contribution >= 0.6 is 0 Å². The van der Waals surface area contributed by atoms with Crippen LogP contribution in [-0.4, -0.2) is 22.2 Å². The van der Waals surface area contributed by atoms with Gasteiger partial charge < -0.3 is 20.1 Å². The quantitative estimate of drug-likeness (QED) is 0.138. The van der Waals surface area contributed by atoms with Crippen molar-refractivity contribution in [2.24, 2.45) is 0 Å². The fraction of sp³-hybridized carbons (Fsp3) is 0.0909. The number of nitrogens with one attached hydrogen (secondary N) is 2. The Hall–Kier alpha value is -7.44. The molecule has 276 valence electrons. The number of carbonyl (C=O) groups is 2. The molecule has 2 saturated heterocycles. The van der Waals surface area contributed by atoms with Crippen LogP contribution in [0.4, 0.5) is 27.2 Å². The van der Waals surface area contributed by atoms with Crippen molar-refractivity contribution in [1.82, 2.24) is 20.6 Å². The lowest BCUT2D eigenvalue weighted by Crippen LogP contribution is -2.21. The van der Waals surface area contributed by atoms with E-state index in [-0.39, 0.29) is 11.1 Å². The molecule has 6 aromatic rings. The molecule has 0 bridgehead atoms. The SMILES string of the molecule is O=C1N[C@@H](c2cccc(C#Cc3ccccc3)n2)[C@H](c2ccc(F)cc2F)O1.O=C1N[C@H](c2cccc(C#Cc3ccccc3)n2)[C@@H](c2ccc(F)cc2F)O1. The van der Waals surface area contributed by atoms with E-state index in [1.54, 1.807) is 36.4 Å². The number of halogens is 4. The van der Waals surface area contributed by atoms with Gasteiger partial charge in [0.05, 0.1) is 11.4 Å². The van der Waals surface area contributed by atoms with Gasteiger partial charge >= 0.3 is 12.2 Å². The lowest BCUT2D eigenvalue weighted by atomic mass is 9.99. The predicted octanol–water partition coefficient (Wildman–Crippen LogP) is 8.56. The molecule has 8 rings (SSSR count). The molecule has 12 heteroatoms. The number of rotatable bonds is 4. The number of hydrogen-bond acceptors (Lipinski definition) is 6. The number of benzene rings is 4. The second-order valence-electron chi connectivity index (χ2n) is 12.4. The lowest BCUT2D eigenvalue weighted by Gasteiger charge is -2.17. The molecule has 56 heavy (non-hydrogen) atoms. The smallest absolute Gasteiger partial charge is 0.408 e. The number of pyridine rings is 2. The maximum Gasteiger partial charge on any atom is 0.408 e. The summed E-state index contributed by atoms with van der Waals surface area (Å²) in [5, 5.41) is 5.26. The molecule has 2 N–H and O–H groups in total. The summed E-state index contributed by atoms with van der Waals surface area (Å²) >= 11 is 0. The minimum atomic E-state index is -0.960. The number of aromatic nitrogens is 2. The van der Waals surface area contributed by atoms with Gasteiger partial charge in [-0.15, -0.1) is 0 Å². The van der Waals surface area contributed by atoms with Crippen LogP contribution in [0, 0.1) is 47.0 Å². The molecule has 4 atom stereocenters. The van der Waals surface area contributed by atoms with Crippen LogP contribution in [0.1, 0.15) is 69.3 Å². The molecule has 0 saturated carbocycles. The van der Waals surface area contributed by atoms with Crippen molar-refractivity contribution in [2.75, 3.05) is 0 Å². The van der Waals surface area contributed by atoms with Gasteiger partial charge in [0.1, 0.15) is 46.7 Å². The zero-order valence-corrected chi connectivity index (χ0v) is 29.1. The zero-order chi connectivity index (χ0) is 39.0. The molecule has 8 nitrogen and oxygen atoms in total. The first-order valence-electron chi connectivity index (χ1n) is 17.1. The Bertz CT molecular complexity index is 2360. The Morgan fingerprint density at radius 3 is 1.29 bits per heavy atom. The first kappa shape index (κ1) is 36.9. The van der Waals surface area contributed by atoms with Crippen LogP contribution in [-0.2, 0) is 9.47 Å². The van der Waals surface area contributed by atoms with Crippen molar-refractivity contribution in [2.45, 2.75) is 24.3 Å². The highest BCUT2D eigenvalue weighted by atomic mass is 19.1. The molecular weight excluding hydrogens is 724 g/mol. The summed E-state index contributed by atoms with van der Waals surface area (Å²) in [5.41, 5.74) is 3.79. The van der Waals surface area contributed by atoms with Gasteiger partial charge in [-0.1, -0.05) is 60.4 Å². The summed E-state index contributed by atoms with van der Waals surface area (Å²) in [6.45, 7) is 0. The van der Waals surface area contributed by atoms with E-state index in [4.69, 9.17) is 9.47 Å². The van der Waals surface area contributed by atoms with Crippen LogP contribution < -0.4 is 10.6 Å². The second kappa shape index (κ2) is 16.7. The van der Waals surface area contributed by atoms with Gasteiger partial charge in [-0.3, -0.25) is 0 Å². The molecule has 4 heterocycles. The maximum absolute atomic E-state index is 14.2. The van der Waals surface area contributed by atoms with Crippen LogP contribution in [0.2, 0.25) is 0 Å². The van der Waals surface area contributed by atoms with E-state index in [1.807, 2.05) is 60.7 Å². The van der Waals surface area contributed by atoms with E-state index in [9.17, 15) is 27.2 Å². The van der Waals surface area contributed by atoms with Gasteiger partial charge in [0.25, 0.3) is 0 Å². The molecule has 4 aromatic carbocycles. The molecule has 0 aliphatic carbocycles. The molecule has 2 aliphatic rings. The van der Waals surface area contributed by atoms with E-state index in [2.05, 4.69) is 44.3 Å². The average Bonchev–Trinajstić information content (AvgIpc) is 3.79. The summed E-state index contributed by atoms with van der Waals surface area (Å²) in [5.74, 6) is 8.99. The highest BCUT2D eigenvalue weighted by Gasteiger charge is 2.40. The van der Waals surface area contributed by atoms with Gasteiger partial charge in [0, 0.05) is 34.4 Å². The van der Waals surface area contributed by atoms with Gasteiger partial charge in [-0.05, 0) is 84.6 Å². The van der Waals surface area contributed by atoms with Crippen molar-refractivity contribution in [3.05, 3.63) is 202 Å². The number of carbonyl (C=O) groups excluding carboxylic acids is 2. The van der Waals surface area contributed by atoms with E-state index in [0.29, 0.717) is 22.8 Å². The third-order valence-corrected chi connectivity index (χ3v) is 8.55. The number of alkyl carbamates (subject to hydrolysis) is 2. The Kier molecular flexibility index (Phi) is 11.0. The van der Waals surface area contributed by atoms with Gasteiger partial charge in [-0.2, -0.15) is 0 Å². The van der Waals surface area contributed by atoms with E-state index < -0.39 is 59.7 Å². The number of ether oxygens (including phenoxy) is 2. The van der Waals surface area contributed by atoms with Gasteiger partial charge in [-0.25, -0.2) is 37.1 Å². The first-order chi connectivity index (χ1) is 27.2. The predicted molar refractivity (Wildman–Crippen MR) is 196 cm³/mol. The number of hydrogen-bond donors (Lipinski definition) is 2. The zero-order valence-electron chi connectivity index (χ0n) is 29.1. The maximum atomic E-state index is 14.2. The fourth-order valence-electron chi connectivity index (χ4n) is 5.95. The van der Waals surface area contributed by atoms with Crippen molar-refractivity contribution in [3.63, 3.8) is 0 Å². The monoisotopic (exact) mass is 752 g/mol. The van der Waals surface area contributed by atoms with Crippen molar-refractivity contribution < 1.29 is 36.6 Å². The molecule has 0 unspecified atom stereocenters. The van der Waals surface area contributed by atoms with Crippen molar-refractivity contribution in [1.29, 1.82) is 0 Å². The highest BCUT2D eigenvalue weighted by Crippen LogP contribution is 2.38. The number of cyclic esters (lactones) is 2. The van der Waals surface area contributed by atoms with Crippen LogP contribution in [0.15, 0.2) is 133 Å². The van der Waals surface area contributed by atoms with Crippen molar-refractivity contribution in [3.8, 4) is 23.7 Å². The summed E-state index contributed by atoms with van der Waals surface area (Å²) in [6, 6.07) is 34.1. The van der Waals surface area contributed by atoms with E-state index >= 15 is 0 Å². The standard InChI is InChI=1S/2C22H14F2N2O2/c2*23-15-10-12-17(18(24)13-15)21-20(26-22(27)28-21)19-8-4-7-16(25-19)11-9-14-5-2-1-3-6-14/h2*1-8,10,12-13,20-21H,(H,26,27)/t2*20-,21-/m10/s1. The summed E-state index contributed by atoms with van der Waals surface area (Å²) in [4.78, 5) is 32.5. The molecule has 0 spiro atoms. The lowest BCUT2D eigenvalue weighted by molar-refractivity contribution is 0.128. The summed E-state index contributed by atoms with van der Waals surface area (Å²) in [7, 11) is 0. The summed E-state index contributed by atoms with van der Waals surface area (Å²) < 4.78 is 65.3. The second-order valence-corrected chi connectivity index (χ2v) is 12.4. The van der Waals surface area contributed by atoms with E-state index in [1.165, 1.54) is 12.1 Å². The normalized spacial score (nSPS) is 18.0. The van der Waals surface area contributed by atoms with Crippen LogP contribution in [0.5, 0.6) is 0 Å². The van der Waals surface area contributed by atoms with Gasteiger partial charge in [0.15, 0.2) is 12.2 Å². The third kappa shape index (κ3) is 8.84. The van der Waals surface area contributed by atoms with E-state index in [0.717, 1.165) is 35.4 Å². The Balaban J connectivity index is 0.000000172. The minimum absolute atomic E-state index is 0.0762. The Labute approximate surface area is 318 Å². The highest BCUT2D eigenvalue weighted by molar-refractivity contribution is 5.71. The number of nitrogens with zero attached hydrogens (tertiary/aromatic N) is 2. The first-order valence-corrected chi connectivity index (χ1v) is 17.1. The largest absolute Gasteiger partial charge is 0.439 e. The molecule has 2 fully saturated rings. The number of amides is 2.